The first-order chi connectivity index (χ1) is 18.1. The number of nitrogens with one attached hydrogen (secondary N) is 2. The van der Waals surface area contributed by atoms with E-state index in [1.807, 2.05) is 92.1 Å². The molecule has 2 bridgehead atoms. The van der Waals surface area contributed by atoms with Crippen LogP contribution in [0.4, 0.5) is 0 Å². The van der Waals surface area contributed by atoms with Crippen LogP contribution in [0.25, 0.3) is 21.8 Å². The third kappa shape index (κ3) is 4.10. The summed E-state index contributed by atoms with van der Waals surface area (Å²) < 4.78 is 0. The smallest absolute Gasteiger partial charge is 0.270 e. The molecule has 0 saturated carbocycles. The van der Waals surface area contributed by atoms with E-state index in [0.717, 1.165) is 33.8 Å². The minimum atomic E-state index is -0.443. The summed E-state index contributed by atoms with van der Waals surface area (Å²) in [5.74, 6) is -0.490. The van der Waals surface area contributed by atoms with Gasteiger partial charge in [-0.05, 0) is 48.6 Å². The number of fused-ring (bicyclic) bond motifs is 4. The standard InChI is InChI=1S/C31H34N4O3/c1-18-8-7-11-25-22(18)14-27(33-25)30(38)35-17-20-13-21(35)16-34(20)29(37)23(31(2,3)4)15-28(36)26-12-19-9-5-6-10-24(19)32-26/h5-12,14,20-21,23,32-33H,13,15-17H2,1-4H3/t20-,21-,23+/m0/s1. The molecule has 0 aliphatic carbocycles. The Bertz CT molecular complexity index is 1540. The number of hydrogen-bond acceptors (Lipinski definition) is 3. The van der Waals surface area contributed by atoms with Crippen molar-refractivity contribution in [2.45, 2.75) is 52.6 Å². The highest BCUT2D eigenvalue weighted by molar-refractivity contribution is 6.02. The lowest BCUT2D eigenvalue weighted by Gasteiger charge is -2.39. The van der Waals surface area contributed by atoms with Crippen molar-refractivity contribution in [2.24, 2.45) is 11.3 Å². The van der Waals surface area contributed by atoms with Gasteiger partial charge in [0.05, 0.1) is 23.7 Å². The molecule has 6 rings (SSSR count). The molecule has 2 aliphatic heterocycles. The van der Waals surface area contributed by atoms with Crippen LogP contribution in [0.3, 0.4) is 0 Å². The first-order valence-electron chi connectivity index (χ1n) is 13.4. The molecule has 2 aromatic heterocycles. The molecular weight excluding hydrogens is 476 g/mol. The fourth-order valence-corrected chi connectivity index (χ4v) is 6.25. The van der Waals surface area contributed by atoms with Crippen molar-refractivity contribution >= 4 is 39.4 Å². The lowest BCUT2D eigenvalue weighted by Crippen LogP contribution is -2.53. The number of ketones is 1. The number of hydrogen-bond donors (Lipinski definition) is 2. The molecule has 2 aliphatic rings. The molecule has 196 valence electrons. The van der Waals surface area contributed by atoms with Gasteiger partial charge in [0, 0.05) is 41.3 Å². The first-order valence-corrected chi connectivity index (χ1v) is 13.4. The Balaban J connectivity index is 1.17. The Morgan fingerprint density at radius 3 is 2.26 bits per heavy atom. The Kier molecular flexibility index (Phi) is 5.70. The molecule has 2 amide bonds. The molecule has 7 nitrogen and oxygen atoms in total. The molecule has 38 heavy (non-hydrogen) atoms. The van der Waals surface area contributed by atoms with Gasteiger partial charge in [0.1, 0.15) is 5.69 Å². The number of Topliss-reactive ketones (excluding diaryl/α,β-unsaturated/α-hetero) is 1. The minimum Gasteiger partial charge on any atom is -0.352 e. The maximum absolute atomic E-state index is 13.9. The number of aryl methyl sites for hydroxylation is 1. The second-order valence-electron chi connectivity index (χ2n) is 12.0. The van der Waals surface area contributed by atoms with E-state index in [2.05, 4.69) is 9.97 Å². The maximum atomic E-state index is 13.9. The number of carbonyl (C=O) groups is 3. The quantitative estimate of drug-likeness (QED) is 0.356. The van der Waals surface area contributed by atoms with Crippen molar-refractivity contribution in [3.05, 3.63) is 71.5 Å². The number of benzene rings is 2. The van der Waals surface area contributed by atoms with E-state index >= 15 is 0 Å². The van der Waals surface area contributed by atoms with E-state index in [0.29, 0.717) is 24.5 Å². The van der Waals surface area contributed by atoms with Gasteiger partial charge in [0.25, 0.3) is 5.91 Å². The number of piperazine rings is 1. The monoisotopic (exact) mass is 510 g/mol. The Labute approximate surface area is 222 Å². The normalized spacial score (nSPS) is 20.0. The van der Waals surface area contributed by atoms with Gasteiger partial charge in [-0.15, -0.1) is 0 Å². The van der Waals surface area contributed by atoms with Crippen molar-refractivity contribution in [3.8, 4) is 0 Å². The van der Waals surface area contributed by atoms with Gasteiger partial charge in [0.15, 0.2) is 5.78 Å². The third-order valence-electron chi connectivity index (χ3n) is 8.46. The van der Waals surface area contributed by atoms with Crippen LogP contribution >= 0.6 is 0 Å². The van der Waals surface area contributed by atoms with Crippen LogP contribution in [0.2, 0.25) is 0 Å². The topological polar surface area (TPSA) is 89.3 Å². The maximum Gasteiger partial charge on any atom is 0.270 e. The molecule has 2 N–H and O–H groups in total. The summed E-state index contributed by atoms with van der Waals surface area (Å²) in [7, 11) is 0. The fourth-order valence-electron chi connectivity index (χ4n) is 6.25. The lowest BCUT2D eigenvalue weighted by molar-refractivity contribution is -0.141. The Hall–Kier alpha value is -3.87. The lowest BCUT2D eigenvalue weighted by atomic mass is 9.76. The first kappa shape index (κ1) is 24.5. The molecule has 3 atom stereocenters. The largest absolute Gasteiger partial charge is 0.352 e. The van der Waals surface area contributed by atoms with Crippen molar-refractivity contribution in [2.75, 3.05) is 13.1 Å². The van der Waals surface area contributed by atoms with Crippen LogP contribution < -0.4 is 0 Å². The zero-order valence-corrected chi connectivity index (χ0v) is 22.4. The highest BCUT2D eigenvalue weighted by atomic mass is 16.2. The zero-order valence-electron chi connectivity index (χ0n) is 22.4. The van der Waals surface area contributed by atoms with Crippen LogP contribution in [0.5, 0.6) is 0 Å². The van der Waals surface area contributed by atoms with Crippen LogP contribution in [0.15, 0.2) is 54.6 Å². The van der Waals surface area contributed by atoms with E-state index in [-0.39, 0.29) is 41.5 Å². The molecular formula is C31H34N4O3. The summed E-state index contributed by atoms with van der Waals surface area (Å²) in [5, 5.41) is 2.05. The number of rotatable bonds is 5. The predicted molar refractivity (Wildman–Crippen MR) is 148 cm³/mol. The molecule has 2 saturated heterocycles. The van der Waals surface area contributed by atoms with Crippen molar-refractivity contribution in [3.63, 3.8) is 0 Å². The van der Waals surface area contributed by atoms with Crippen LogP contribution in [-0.4, -0.2) is 62.5 Å². The number of aromatic amines is 2. The highest BCUT2D eigenvalue weighted by Crippen LogP contribution is 2.38. The SMILES string of the molecule is Cc1cccc2[nH]c(C(=O)N3C[C@@H]4C[C@H]3CN4C(=O)[C@@H](CC(=O)c3cc4ccccc4[nH]3)C(C)(C)C)cc12. The molecule has 7 heteroatoms. The summed E-state index contributed by atoms with van der Waals surface area (Å²) in [6, 6.07) is 17.6. The molecule has 4 heterocycles. The summed E-state index contributed by atoms with van der Waals surface area (Å²) in [6.07, 6.45) is 0.934. The van der Waals surface area contributed by atoms with Crippen LogP contribution in [0, 0.1) is 18.3 Å². The number of carbonyl (C=O) groups excluding carboxylic acids is 3. The van der Waals surface area contributed by atoms with Crippen LogP contribution in [-0.2, 0) is 4.79 Å². The Morgan fingerprint density at radius 1 is 0.895 bits per heavy atom. The van der Waals surface area contributed by atoms with Gasteiger partial charge in [-0.1, -0.05) is 51.1 Å². The third-order valence-corrected chi connectivity index (χ3v) is 8.46. The summed E-state index contributed by atoms with van der Waals surface area (Å²) in [5.41, 5.74) is 3.77. The average Bonchev–Trinajstić information content (AvgIpc) is 3.67. The number of amides is 2. The number of nitrogens with zero attached hydrogens (tertiary/aromatic N) is 2. The summed E-state index contributed by atoms with van der Waals surface area (Å²) in [6.45, 7) is 9.15. The number of H-pyrrole nitrogens is 2. The van der Waals surface area contributed by atoms with Gasteiger partial charge in [-0.25, -0.2) is 0 Å². The Morgan fingerprint density at radius 2 is 1.58 bits per heavy atom. The van der Waals surface area contributed by atoms with Gasteiger partial charge in [-0.3, -0.25) is 14.4 Å². The van der Waals surface area contributed by atoms with E-state index in [1.165, 1.54) is 0 Å². The predicted octanol–water partition coefficient (Wildman–Crippen LogP) is 5.32. The number of para-hydroxylation sites is 1. The molecule has 4 aromatic rings. The fraction of sp³-hybridized carbons (Fsp3) is 0.387. The van der Waals surface area contributed by atoms with E-state index in [9.17, 15) is 14.4 Å². The summed E-state index contributed by atoms with van der Waals surface area (Å²) >= 11 is 0. The van der Waals surface area contributed by atoms with Gasteiger partial charge in [-0.2, -0.15) is 0 Å². The minimum absolute atomic E-state index is 0.00557. The van der Waals surface area contributed by atoms with Crippen LogP contribution in [0.1, 0.15) is 60.2 Å². The molecule has 0 radical (unpaired) electrons. The van der Waals surface area contributed by atoms with Crippen molar-refractivity contribution in [1.82, 2.24) is 19.8 Å². The highest BCUT2D eigenvalue weighted by Gasteiger charge is 2.50. The molecule has 0 spiro atoms. The average molecular weight is 511 g/mol. The van der Waals surface area contributed by atoms with Gasteiger partial charge < -0.3 is 19.8 Å². The van der Waals surface area contributed by atoms with Gasteiger partial charge >= 0.3 is 0 Å². The van der Waals surface area contributed by atoms with Crippen molar-refractivity contribution < 1.29 is 14.4 Å². The van der Waals surface area contributed by atoms with Crippen molar-refractivity contribution in [1.29, 1.82) is 0 Å². The molecule has 0 unspecified atom stereocenters. The van der Waals surface area contributed by atoms with E-state index in [1.54, 1.807) is 0 Å². The van der Waals surface area contributed by atoms with Gasteiger partial charge in [0.2, 0.25) is 5.91 Å². The number of aromatic nitrogens is 2. The van der Waals surface area contributed by atoms with E-state index < -0.39 is 5.92 Å². The molecule has 2 fully saturated rings. The van der Waals surface area contributed by atoms with E-state index in [4.69, 9.17) is 0 Å². The second kappa shape index (κ2) is 8.86. The number of likely N-dealkylation sites (tertiary alicyclic amines) is 2. The zero-order chi connectivity index (χ0) is 26.8. The molecule has 2 aromatic carbocycles. The summed E-state index contributed by atoms with van der Waals surface area (Å²) in [4.78, 5) is 50.9. The second-order valence-corrected chi connectivity index (χ2v) is 12.0.